The summed E-state index contributed by atoms with van der Waals surface area (Å²) >= 11 is 1.88. The van der Waals surface area contributed by atoms with E-state index >= 15 is 0 Å². The SMILES string of the molecule is CCC(C)(CCO)NC(=O)NC1CCC(SC)C1. The zero-order chi connectivity index (χ0) is 13.6. The molecule has 3 N–H and O–H groups in total. The fourth-order valence-corrected chi connectivity index (χ4v) is 3.15. The molecule has 0 aromatic rings. The second-order valence-electron chi connectivity index (χ2n) is 5.35. The van der Waals surface area contributed by atoms with Crippen LogP contribution in [0.15, 0.2) is 0 Å². The molecular formula is C13H26N2O2S. The molecule has 1 aliphatic carbocycles. The Kier molecular flexibility index (Phi) is 6.29. The standard InChI is InChI=1S/C13H26N2O2S/c1-4-13(2,7-8-16)15-12(17)14-10-5-6-11(9-10)18-3/h10-11,16H,4-9H2,1-3H3,(H2,14,15,17). The van der Waals surface area contributed by atoms with E-state index in [0.29, 0.717) is 17.7 Å². The Labute approximate surface area is 114 Å². The third kappa shape index (κ3) is 4.69. The van der Waals surface area contributed by atoms with E-state index in [1.165, 1.54) is 6.42 Å². The third-order valence-electron chi connectivity index (χ3n) is 3.91. The van der Waals surface area contributed by atoms with Crippen LogP contribution in [0.1, 0.15) is 46.0 Å². The van der Waals surface area contributed by atoms with Crippen LogP contribution in [0.25, 0.3) is 0 Å². The van der Waals surface area contributed by atoms with Crippen LogP contribution in [0.5, 0.6) is 0 Å². The highest BCUT2D eigenvalue weighted by Gasteiger charge is 2.28. The first-order valence-corrected chi connectivity index (χ1v) is 8.04. The van der Waals surface area contributed by atoms with Gasteiger partial charge in [0.05, 0.1) is 0 Å². The van der Waals surface area contributed by atoms with Gasteiger partial charge >= 0.3 is 6.03 Å². The smallest absolute Gasteiger partial charge is 0.315 e. The van der Waals surface area contributed by atoms with Gasteiger partial charge in [0.2, 0.25) is 0 Å². The summed E-state index contributed by atoms with van der Waals surface area (Å²) < 4.78 is 0. The zero-order valence-electron chi connectivity index (χ0n) is 11.7. The summed E-state index contributed by atoms with van der Waals surface area (Å²) in [4.78, 5) is 11.9. The lowest BCUT2D eigenvalue weighted by molar-refractivity contribution is 0.198. The van der Waals surface area contributed by atoms with Crippen molar-refractivity contribution in [2.45, 2.75) is 62.8 Å². The molecule has 3 atom stereocenters. The van der Waals surface area contributed by atoms with Crippen LogP contribution in [0, 0.1) is 0 Å². The molecule has 0 radical (unpaired) electrons. The number of urea groups is 1. The lowest BCUT2D eigenvalue weighted by Crippen LogP contribution is -2.52. The van der Waals surface area contributed by atoms with Crippen LogP contribution >= 0.6 is 11.8 Å². The Balaban J connectivity index is 2.37. The van der Waals surface area contributed by atoms with Crippen molar-refractivity contribution in [2.24, 2.45) is 0 Å². The van der Waals surface area contributed by atoms with E-state index in [0.717, 1.165) is 19.3 Å². The molecule has 0 aliphatic heterocycles. The molecule has 1 aliphatic rings. The number of thioether (sulfide) groups is 1. The average Bonchev–Trinajstić information content (AvgIpc) is 2.76. The van der Waals surface area contributed by atoms with E-state index < -0.39 is 0 Å². The number of amides is 2. The van der Waals surface area contributed by atoms with Crippen molar-refractivity contribution in [3.8, 4) is 0 Å². The summed E-state index contributed by atoms with van der Waals surface area (Å²) in [5, 5.41) is 15.7. The van der Waals surface area contributed by atoms with Gasteiger partial charge in [-0.2, -0.15) is 11.8 Å². The predicted octanol–water partition coefficient (Wildman–Crippen LogP) is 2.12. The largest absolute Gasteiger partial charge is 0.396 e. The number of aliphatic hydroxyl groups excluding tert-OH is 1. The minimum atomic E-state index is -0.309. The average molecular weight is 274 g/mol. The molecule has 0 aromatic carbocycles. The number of carbonyl (C=O) groups is 1. The maximum absolute atomic E-state index is 11.9. The van der Waals surface area contributed by atoms with Crippen molar-refractivity contribution in [3.05, 3.63) is 0 Å². The zero-order valence-corrected chi connectivity index (χ0v) is 12.5. The number of rotatable bonds is 6. The van der Waals surface area contributed by atoms with E-state index in [1.807, 2.05) is 25.6 Å². The molecule has 1 saturated carbocycles. The molecule has 0 aromatic heterocycles. The summed E-state index contributed by atoms with van der Waals surface area (Å²) in [6.07, 6.45) is 6.86. The van der Waals surface area contributed by atoms with Crippen LogP contribution < -0.4 is 10.6 Å². The number of hydrogen-bond acceptors (Lipinski definition) is 3. The molecule has 1 fully saturated rings. The van der Waals surface area contributed by atoms with Gasteiger partial charge in [0.15, 0.2) is 0 Å². The maximum atomic E-state index is 11.9. The Bertz CT molecular complexity index is 276. The molecule has 1 rings (SSSR count). The normalized spacial score (nSPS) is 26.7. The molecule has 0 bridgehead atoms. The minimum absolute atomic E-state index is 0.0976. The molecule has 0 spiro atoms. The fourth-order valence-electron chi connectivity index (χ4n) is 2.36. The van der Waals surface area contributed by atoms with Gasteiger partial charge < -0.3 is 15.7 Å². The van der Waals surface area contributed by atoms with E-state index in [2.05, 4.69) is 16.9 Å². The number of hydrogen-bond donors (Lipinski definition) is 3. The van der Waals surface area contributed by atoms with E-state index in [4.69, 9.17) is 5.11 Å². The van der Waals surface area contributed by atoms with Gasteiger partial charge in [-0.25, -0.2) is 4.79 Å². The Morgan fingerprint density at radius 2 is 2.22 bits per heavy atom. The molecular weight excluding hydrogens is 248 g/mol. The van der Waals surface area contributed by atoms with Crippen LogP contribution in [0.4, 0.5) is 4.79 Å². The molecule has 0 heterocycles. The van der Waals surface area contributed by atoms with Gasteiger partial charge in [-0.05, 0) is 45.3 Å². The Hall–Kier alpha value is -0.420. The number of aliphatic hydroxyl groups is 1. The Morgan fingerprint density at radius 3 is 2.72 bits per heavy atom. The highest BCUT2D eigenvalue weighted by Crippen LogP contribution is 2.28. The maximum Gasteiger partial charge on any atom is 0.315 e. The minimum Gasteiger partial charge on any atom is -0.396 e. The fraction of sp³-hybridized carbons (Fsp3) is 0.923. The van der Waals surface area contributed by atoms with E-state index in [9.17, 15) is 4.79 Å². The van der Waals surface area contributed by atoms with Gasteiger partial charge in [-0.3, -0.25) is 0 Å². The molecule has 4 nitrogen and oxygen atoms in total. The Morgan fingerprint density at radius 1 is 1.50 bits per heavy atom. The summed E-state index contributed by atoms with van der Waals surface area (Å²) in [7, 11) is 0. The van der Waals surface area contributed by atoms with Crippen molar-refractivity contribution in [3.63, 3.8) is 0 Å². The van der Waals surface area contributed by atoms with Gasteiger partial charge in [0.25, 0.3) is 0 Å². The highest BCUT2D eigenvalue weighted by atomic mass is 32.2. The molecule has 0 saturated heterocycles. The number of carbonyl (C=O) groups excluding carboxylic acids is 1. The van der Waals surface area contributed by atoms with Crippen LogP contribution in [0.3, 0.4) is 0 Å². The first kappa shape index (κ1) is 15.6. The summed E-state index contributed by atoms with van der Waals surface area (Å²) in [5.41, 5.74) is -0.309. The van der Waals surface area contributed by atoms with E-state index in [1.54, 1.807) is 0 Å². The first-order chi connectivity index (χ1) is 8.53. The van der Waals surface area contributed by atoms with Crippen molar-refractivity contribution in [1.82, 2.24) is 10.6 Å². The third-order valence-corrected chi connectivity index (χ3v) is 5.01. The second-order valence-corrected chi connectivity index (χ2v) is 6.49. The van der Waals surface area contributed by atoms with Crippen molar-refractivity contribution in [1.29, 1.82) is 0 Å². The van der Waals surface area contributed by atoms with Crippen molar-refractivity contribution >= 4 is 17.8 Å². The van der Waals surface area contributed by atoms with Gasteiger partial charge in [-0.1, -0.05) is 6.92 Å². The van der Waals surface area contributed by atoms with Crippen LogP contribution in [0.2, 0.25) is 0 Å². The summed E-state index contributed by atoms with van der Waals surface area (Å²) in [5.74, 6) is 0. The summed E-state index contributed by atoms with van der Waals surface area (Å²) in [6, 6.07) is 0.206. The molecule has 5 heteroatoms. The first-order valence-electron chi connectivity index (χ1n) is 6.75. The quantitative estimate of drug-likeness (QED) is 0.695. The van der Waals surface area contributed by atoms with Gasteiger partial charge in [0, 0.05) is 23.4 Å². The molecule has 2 amide bonds. The van der Waals surface area contributed by atoms with Gasteiger partial charge in [0.1, 0.15) is 0 Å². The van der Waals surface area contributed by atoms with E-state index in [-0.39, 0.29) is 18.2 Å². The highest BCUT2D eigenvalue weighted by molar-refractivity contribution is 7.99. The number of nitrogens with one attached hydrogen (secondary N) is 2. The topological polar surface area (TPSA) is 61.4 Å². The van der Waals surface area contributed by atoms with Gasteiger partial charge in [-0.15, -0.1) is 0 Å². The predicted molar refractivity (Wildman–Crippen MR) is 77.0 cm³/mol. The van der Waals surface area contributed by atoms with Crippen molar-refractivity contribution in [2.75, 3.05) is 12.9 Å². The van der Waals surface area contributed by atoms with Crippen LogP contribution in [-0.2, 0) is 0 Å². The molecule has 106 valence electrons. The lowest BCUT2D eigenvalue weighted by atomic mass is 9.95. The summed E-state index contributed by atoms with van der Waals surface area (Å²) in [6.45, 7) is 4.10. The van der Waals surface area contributed by atoms with Crippen LogP contribution in [-0.4, -0.2) is 40.8 Å². The van der Waals surface area contributed by atoms with Crippen molar-refractivity contribution < 1.29 is 9.90 Å². The monoisotopic (exact) mass is 274 g/mol. The molecule has 18 heavy (non-hydrogen) atoms. The second kappa shape index (κ2) is 7.24. The lowest BCUT2D eigenvalue weighted by Gasteiger charge is -2.29. The molecule has 3 unspecified atom stereocenters.